The number of methoxy groups -OCH3 is 2. The molecule has 0 saturated heterocycles. The van der Waals surface area contributed by atoms with E-state index in [2.05, 4.69) is 9.47 Å². The molecule has 6 rings (SSSR count). The van der Waals surface area contributed by atoms with E-state index in [9.17, 15) is 37.9 Å². The predicted octanol–water partition coefficient (Wildman–Crippen LogP) is 8.38. The van der Waals surface area contributed by atoms with Crippen LogP contribution in [0.1, 0.15) is 70.6 Å². The van der Waals surface area contributed by atoms with Gasteiger partial charge in [0, 0.05) is 18.1 Å². The number of aliphatic hydroxyl groups is 1. The van der Waals surface area contributed by atoms with Crippen LogP contribution in [0.3, 0.4) is 0 Å². The highest BCUT2D eigenvalue weighted by Gasteiger charge is 2.16. The Labute approximate surface area is 360 Å². The van der Waals surface area contributed by atoms with E-state index in [4.69, 9.17) is 23.7 Å². The Morgan fingerprint density at radius 3 is 1.29 bits per heavy atom. The number of esters is 5. The average Bonchev–Trinajstić information content (AvgIpc) is 3.30. The molecule has 0 aliphatic rings. The number of carbonyl (C=O) groups excluding carboxylic acids is 5. The van der Waals surface area contributed by atoms with E-state index in [0.717, 1.165) is 0 Å². The lowest BCUT2D eigenvalue weighted by molar-refractivity contribution is -0.142. The molecule has 0 heterocycles. The lowest BCUT2D eigenvalue weighted by atomic mass is 10.1. The molecule has 0 amide bonds. The molecule has 6 aromatic rings. The van der Waals surface area contributed by atoms with E-state index in [1.807, 2.05) is 0 Å². The quantitative estimate of drug-likeness (QED) is 0.0594. The summed E-state index contributed by atoms with van der Waals surface area (Å²) in [4.78, 5) is 59.4. The van der Waals surface area contributed by atoms with Gasteiger partial charge in [0.25, 0.3) is 0 Å². The Kier molecular flexibility index (Phi) is 16.6. The molecule has 0 radical (unpaired) electrons. The standard InChI is InChI=1S/C25H21FO7.C23H19FO6/c1-16(27)31-14-17-11-20(13-22(12-17)32-15-19-5-3-4-6-23(19)26)25(29)33-21-9-7-18(8-10-21)24(28)30-2;1-28-22(26)16-6-8-19(9-7-16)30-23(27)18-10-15(13-25)11-20(12-18)29-14-17-4-2-3-5-21(17)24/h3-13H,14-15H2,1-2H3;2-12,25H,13-14H2,1H3. The second-order valence-corrected chi connectivity index (χ2v) is 13.2. The first-order valence-corrected chi connectivity index (χ1v) is 18.9. The van der Waals surface area contributed by atoms with Crippen LogP contribution in [0.25, 0.3) is 0 Å². The number of rotatable bonds is 15. The van der Waals surface area contributed by atoms with E-state index in [1.165, 1.54) is 106 Å². The van der Waals surface area contributed by atoms with Crippen LogP contribution >= 0.6 is 0 Å². The topological polar surface area (TPSA) is 170 Å². The highest BCUT2D eigenvalue weighted by Crippen LogP contribution is 2.24. The maximum absolute atomic E-state index is 13.9. The molecule has 13 nitrogen and oxygen atoms in total. The van der Waals surface area contributed by atoms with Gasteiger partial charge in [0.15, 0.2) is 0 Å². The molecule has 0 aromatic heterocycles. The number of halogens is 2. The fourth-order valence-electron chi connectivity index (χ4n) is 5.52. The predicted molar refractivity (Wildman–Crippen MR) is 221 cm³/mol. The van der Waals surface area contributed by atoms with E-state index >= 15 is 0 Å². The molecule has 1 N–H and O–H groups in total. The van der Waals surface area contributed by atoms with Gasteiger partial charge in [-0.05, 0) is 108 Å². The monoisotopic (exact) mass is 862 g/mol. The molecule has 0 saturated carbocycles. The summed E-state index contributed by atoms with van der Waals surface area (Å²) in [6.07, 6.45) is 0. The first-order valence-electron chi connectivity index (χ1n) is 18.9. The zero-order valence-electron chi connectivity index (χ0n) is 34.1. The Morgan fingerprint density at radius 1 is 0.476 bits per heavy atom. The van der Waals surface area contributed by atoms with Crippen molar-refractivity contribution in [3.8, 4) is 23.0 Å². The van der Waals surface area contributed by atoms with E-state index < -0.39 is 41.5 Å². The second-order valence-electron chi connectivity index (χ2n) is 13.2. The summed E-state index contributed by atoms with van der Waals surface area (Å²) in [5.41, 5.74) is 2.56. The third-order valence-corrected chi connectivity index (χ3v) is 8.70. The Balaban J connectivity index is 0.000000239. The van der Waals surface area contributed by atoms with Gasteiger partial charge in [-0.1, -0.05) is 36.4 Å². The van der Waals surface area contributed by atoms with Crippen LogP contribution in [-0.2, 0) is 45.4 Å². The molecule has 0 spiro atoms. The zero-order chi connectivity index (χ0) is 45.3. The minimum absolute atomic E-state index is 0.0367. The third kappa shape index (κ3) is 13.8. The number of benzene rings is 6. The molecular formula is C48H40F2O13. The summed E-state index contributed by atoms with van der Waals surface area (Å²) in [6, 6.07) is 33.1. The summed E-state index contributed by atoms with van der Waals surface area (Å²) in [5, 5.41) is 9.48. The fraction of sp³-hybridized carbons (Fsp3) is 0.146. The number of aliphatic hydroxyl groups excluding tert-OH is 1. The number of hydrogen-bond acceptors (Lipinski definition) is 13. The van der Waals surface area contributed by atoms with Gasteiger partial charge < -0.3 is 38.3 Å². The highest BCUT2D eigenvalue weighted by atomic mass is 19.1. The van der Waals surface area contributed by atoms with Crippen molar-refractivity contribution in [3.63, 3.8) is 0 Å². The first-order chi connectivity index (χ1) is 30.3. The van der Waals surface area contributed by atoms with Gasteiger partial charge in [0.1, 0.15) is 54.5 Å². The molecule has 0 aliphatic carbocycles. The van der Waals surface area contributed by atoms with Crippen LogP contribution in [0.4, 0.5) is 8.78 Å². The normalized spacial score (nSPS) is 10.3. The van der Waals surface area contributed by atoms with Crippen molar-refractivity contribution < 1.29 is 71.0 Å². The van der Waals surface area contributed by atoms with Crippen molar-refractivity contribution in [2.45, 2.75) is 33.4 Å². The Morgan fingerprint density at radius 2 is 0.889 bits per heavy atom. The highest BCUT2D eigenvalue weighted by molar-refractivity contribution is 5.93. The van der Waals surface area contributed by atoms with Gasteiger partial charge in [-0.15, -0.1) is 0 Å². The molecule has 0 aliphatic heterocycles. The number of ether oxygens (including phenoxy) is 7. The molecule has 0 atom stereocenters. The van der Waals surface area contributed by atoms with Crippen LogP contribution in [-0.4, -0.2) is 49.2 Å². The van der Waals surface area contributed by atoms with Gasteiger partial charge in [0.2, 0.25) is 0 Å². The fourth-order valence-corrected chi connectivity index (χ4v) is 5.52. The Hall–Kier alpha value is -7.91. The summed E-state index contributed by atoms with van der Waals surface area (Å²) < 4.78 is 63.9. The van der Waals surface area contributed by atoms with Crippen molar-refractivity contribution in [3.05, 3.63) is 190 Å². The minimum atomic E-state index is -0.693. The second kappa shape index (κ2) is 22.6. The number of carbonyl (C=O) groups is 5. The van der Waals surface area contributed by atoms with Crippen molar-refractivity contribution in [1.82, 2.24) is 0 Å². The summed E-state index contributed by atoms with van der Waals surface area (Å²) in [7, 11) is 2.54. The summed E-state index contributed by atoms with van der Waals surface area (Å²) in [6.45, 7) is 0.773. The van der Waals surface area contributed by atoms with Gasteiger partial charge in [-0.25, -0.2) is 28.0 Å². The summed E-state index contributed by atoms with van der Waals surface area (Å²) in [5.74, 6) is -2.66. The van der Waals surface area contributed by atoms with Crippen LogP contribution in [0.5, 0.6) is 23.0 Å². The maximum Gasteiger partial charge on any atom is 0.343 e. The van der Waals surface area contributed by atoms with Gasteiger partial charge in [0.05, 0.1) is 43.1 Å². The van der Waals surface area contributed by atoms with Gasteiger partial charge >= 0.3 is 29.8 Å². The molecule has 63 heavy (non-hydrogen) atoms. The van der Waals surface area contributed by atoms with Gasteiger partial charge in [-0.3, -0.25) is 4.79 Å². The molecule has 0 bridgehead atoms. The smallest absolute Gasteiger partial charge is 0.343 e. The van der Waals surface area contributed by atoms with Crippen LogP contribution < -0.4 is 18.9 Å². The van der Waals surface area contributed by atoms with Crippen LogP contribution in [0.15, 0.2) is 133 Å². The van der Waals surface area contributed by atoms with E-state index in [-0.39, 0.29) is 60.6 Å². The molecule has 6 aromatic carbocycles. The molecule has 324 valence electrons. The number of hydrogen-bond donors (Lipinski definition) is 1. The average molecular weight is 863 g/mol. The molecular weight excluding hydrogens is 823 g/mol. The van der Waals surface area contributed by atoms with Crippen LogP contribution in [0.2, 0.25) is 0 Å². The molecule has 0 unspecified atom stereocenters. The third-order valence-electron chi connectivity index (χ3n) is 8.70. The molecule has 15 heteroatoms. The zero-order valence-corrected chi connectivity index (χ0v) is 34.1. The molecule has 0 fully saturated rings. The van der Waals surface area contributed by atoms with E-state index in [1.54, 1.807) is 48.5 Å². The SMILES string of the molecule is COC(=O)c1ccc(OC(=O)c2cc(CO)cc(OCc3ccccc3F)c2)cc1.COC(=O)c1ccc(OC(=O)c2cc(COC(C)=O)cc(OCc3ccccc3F)c2)cc1. The van der Waals surface area contributed by atoms with Crippen LogP contribution in [0, 0.1) is 11.6 Å². The lowest BCUT2D eigenvalue weighted by Crippen LogP contribution is -2.11. The first kappa shape index (κ1) is 46.2. The Bertz CT molecular complexity index is 2560. The van der Waals surface area contributed by atoms with Crippen molar-refractivity contribution in [1.29, 1.82) is 0 Å². The van der Waals surface area contributed by atoms with Crippen molar-refractivity contribution >= 4 is 29.8 Å². The maximum atomic E-state index is 13.9. The van der Waals surface area contributed by atoms with Crippen molar-refractivity contribution in [2.24, 2.45) is 0 Å². The summed E-state index contributed by atoms with van der Waals surface area (Å²) >= 11 is 0. The lowest BCUT2D eigenvalue weighted by Gasteiger charge is -2.12. The largest absolute Gasteiger partial charge is 0.489 e. The van der Waals surface area contributed by atoms with Crippen molar-refractivity contribution in [2.75, 3.05) is 14.2 Å². The van der Waals surface area contributed by atoms with E-state index in [0.29, 0.717) is 33.4 Å². The van der Waals surface area contributed by atoms with Gasteiger partial charge in [-0.2, -0.15) is 0 Å². The minimum Gasteiger partial charge on any atom is -0.489 e.